The number of thiophene rings is 1. The molecule has 3 nitrogen and oxygen atoms in total. The lowest BCUT2D eigenvalue weighted by Gasteiger charge is -2.08. The second kappa shape index (κ2) is 5.73. The van der Waals surface area contributed by atoms with Crippen molar-refractivity contribution in [1.29, 1.82) is 0 Å². The van der Waals surface area contributed by atoms with Crippen LogP contribution in [0, 0.1) is 13.8 Å². The van der Waals surface area contributed by atoms with Crippen molar-refractivity contribution < 1.29 is 0 Å². The quantitative estimate of drug-likeness (QED) is 0.532. The van der Waals surface area contributed by atoms with Gasteiger partial charge in [0.15, 0.2) is 0 Å². The highest BCUT2D eigenvalue weighted by Crippen LogP contribution is 2.30. The molecule has 4 rings (SSSR count). The SMILES string of the molecule is Cc1ccc(-n2cnc3c(-c4ccccc4)csc3c2=O)cc1C. The molecule has 24 heavy (non-hydrogen) atoms. The number of rotatable bonds is 2. The molecule has 0 radical (unpaired) electrons. The molecule has 118 valence electrons. The van der Waals surface area contributed by atoms with Gasteiger partial charge in [-0.1, -0.05) is 36.4 Å². The van der Waals surface area contributed by atoms with E-state index in [4.69, 9.17) is 0 Å². The molecule has 0 N–H and O–H groups in total. The number of benzene rings is 2. The summed E-state index contributed by atoms with van der Waals surface area (Å²) in [5, 5.41) is 2.01. The maximum Gasteiger partial charge on any atom is 0.275 e. The fraction of sp³-hybridized carbons (Fsp3) is 0.100. The van der Waals surface area contributed by atoms with Crippen LogP contribution in [0.4, 0.5) is 0 Å². The summed E-state index contributed by atoms with van der Waals surface area (Å²) in [7, 11) is 0. The van der Waals surface area contributed by atoms with E-state index in [9.17, 15) is 4.79 Å². The number of aromatic nitrogens is 2. The van der Waals surface area contributed by atoms with E-state index in [1.165, 1.54) is 16.9 Å². The van der Waals surface area contributed by atoms with Crippen molar-refractivity contribution in [3.8, 4) is 16.8 Å². The van der Waals surface area contributed by atoms with Crippen LogP contribution >= 0.6 is 11.3 Å². The Morgan fingerprint density at radius 3 is 2.54 bits per heavy atom. The van der Waals surface area contributed by atoms with E-state index in [0.717, 1.165) is 27.9 Å². The van der Waals surface area contributed by atoms with E-state index in [0.29, 0.717) is 4.70 Å². The average molecular weight is 332 g/mol. The van der Waals surface area contributed by atoms with Gasteiger partial charge < -0.3 is 0 Å². The van der Waals surface area contributed by atoms with Crippen LogP contribution in [0.5, 0.6) is 0 Å². The number of nitrogens with zero attached hydrogens (tertiary/aromatic N) is 2. The molecule has 0 aliphatic rings. The van der Waals surface area contributed by atoms with E-state index in [-0.39, 0.29) is 5.56 Å². The van der Waals surface area contributed by atoms with Crippen molar-refractivity contribution in [3.63, 3.8) is 0 Å². The van der Waals surface area contributed by atoms with Gasteiger partial charge in [-0.25, -0.2) is 4.98 Å². The largest absolute Gasteiger partial charge is 0.275 e. The van der Waals surface area contributed by atoms with Crippen molar-refractivity contribution in [2.75, 3.05) is 0 Å². The third-order valence-corrected chi connectivity index (χ3v) is 5.29. The normalized spacial score (nSPS) is 11.1. The van der Waals surface area contributed by atoms with Gasteiger partial charge in [-0.3, -0.25) is 9.36 Å². The standard InChI is InChI=1S/C20H16N2OS/c1-13-8-9-16(10-14(13)2)22-12-21-18-17(11-24-19(18)20(22)23)15-6-4-3-5-7-15/h3-12H,1-2H3. The highest BCUT2D eigenvalue weighted by Gasteiger charge is 2.13. The third-order valence-electron chi connectivity index (χ3n) is 4.33. The molecule has 0 aliphatic carbocycles. The van der Waals surface area contributed by atoms with E-state index in [2.05, 4.69) is 18.8 Å². The minimum absolute atomic E-state index is 0.0181. The Morgan fingerprint density at radius 1 is 1.00 bits per heavy atom. The van der Waals surface area contributed by atoms with E-state index < -0.39 is 0 Å². The lowest BCUT2D eigenvalue weighted by molar-refractivity contribution is 0.963. The first-order valence-electron chi connectivity index (χ1n) is 7.77. The predicted octanol–water partition coefficient (Wildman–Crippen LogP) is 4.73. The fourth-order valence-corrected chi connectivity index (χ4v) is 3.75. The van der Waals surface area contributed by atoms with Gasteiger partial charge in [-0.15, -0.1) is 11.3 Å². The van der Waals surface area contributed by atoms with Crippen LogP contribution in [0.25, 0.3) is 27.0 Å². The molecular formula is C20H16N2OS. The van der Waals surface area contributed by atoms with Crippen LogP contribution in [-0.4, -0.2) is 9.55 Å². The summed E-state index contributed by atoms with van der Waals surface area (Å²) in [6.45, 7) is 4.11. The van der Waals surface area contributed by atoms with Gasteiger partial charge >= 0.3 is 0 Å². The Kier molecular flexibility index (Phi) is 3.54. The summed E-state index contributed by atoms with van der Waals surface area (Å²) in [5.41, 5.74) is 6.08. The molecule has 0 bridgehead atoms. The fourth-order valence-electron chi connectivity index (χ4n) is 2.79. The summed E-state index contributed by atoms with van der Waals surface area (Å²) in [5.74, 6) is 0. The Labute approximate surface area is 143 Å². The highest BCUT2D eigenvalue weighted by molar-refractivity contribution is 7.17. The first kappa shape index (κ1) is 14.8. The smallest absolute Gasteiger partial charge is 0.267 e. The van der Waals surface area contributed by atoms with E-state index >= 15 is 0 Å². The van der Waals surface area contributed by atoms with Crippen molar-refractivity contribution in [3.05, 3.63) is 81.7 Å². The molecular weight excluding hydrogens is 316 g/mol. The zero-order valence-electron chi connectivity index (χ0n) is 13.5. The Bertz CT molecular complexity index is 1090. The second-order valence-corrected chi connectivity index (χ2v) is 6.76. The highest BCUT2D eigenvalue weighted by atomic mass is 32.1. The maximum atomic E-state index is 12.9. The number of hydrogen-bond acceptors (Lipinski definition) is 3. The molecule has 2 heterocycles. The summed E-state index contributed by atoms with van der Waals surface area (Å²) in [6.07, 6.45) is 1.63. The van der Waals surface area contributed by atoms with E-state index in [1.54, 1.807) is 10.9 Å². The zero-order valence-corrected chi connectivity index (χ0v) is 14.3. The van der Waals surface area contributed by atoms with Gasteiger partial charge in [0.2, 0.25) is 0 Å². The molecule has 0 amide bonds. The van der Waals surface area contributed by atoms with Gasteiger partial charge in [0.25, 0.3) is 5.56 Å². The Morgan fingerprint density at radius 2 is 1.79 bits per heavy atom. The molecule has 0 saturated carbocycles. The minimum atomic E-state index is -0.0181. The van der Waals surface area contributed by atoms with Gasteiger partial charge in [0, 0.05) is 10.9 Å². The van der Waals surface area contributed by atoms with Crippen LogP contribution in [0.15, 0.2) is 65.0 Å². The van der Waals surface area contributed by atoms with Crippen LogP contribution in [0.3, 0.4) is 0 Å². The zero-order chi connectivity index (χ0) is 16.7. The number of fused-ring (bicyclic) bond motifs is 1. The molecule has 0 spiro atoms. The van der Waals surface area contributed by atoms with Crippen molar-refractivity contribution in [2.24, 2.45) is 0 Å². The molecule has 4 aromatic rings. The summed E-state index contributed by atoms with van der Waals surface area (Å²) in [4.78, 5) is 17.5. The van der Waals surface area contributed by atoms with Gasteiger partial charge in [-0.2, -0.15) is 0 Å². The van der Waals surface area contributed by atoms with Crippen molar-refractivity contribution in [2.45, 2.75) is 13.8 Å². The maximum absolute atomic E-state index is 12.9. The lowest BCUT2D eigenvalue weighted by Crippen LogP contribution is -2.18. The van der Waals surface area contributed by atoms with Gasteiger partial charge in [-0.05, 0) is 42.7 Å². The summed E-state index contributed by atoms with van der Waals surface area (Å²) in [6, 6.07) is 16.1. The van der Waals surface area contributed by atoms with Crippen LogP contribution in [0.1, 0.15) is 11.1 Å². The molecule has 4 heteroatoms. The number of hydrogen-bond donors (Lipinski definition) is 0. The second-order valence-electron chi connectivity index (χ2n) is 5.88. The van der Waals surface area contributed by atoms with Crippen LogP contribution in [-0.2, 0) is 0 Å². The van der Waals surface area contributed by atoms with Crippen molar-refractivity contribution >= 4 is 21.6 Å². The lowest BCUT2D eigenvalue weighted by atomic mass is 10.1. The molecule has 0 saturated heterocycles. The first-order valence-corrected chi connectivity index (χ1v) is 8.65. The van der Waals surface area contributed by atoms with E-state index in [1.807, 2.05) is 53.9 Å². The average Bonchev–Trinajstić information content (AvgIpc) is 3.04. The monoisotopic (exact) mass is 332 g/mol. The molecule has 2 aromatic heterocycles. The van der Waals surface area contributed by atoms with Crippen molar-refractivity contribution in [1.82, 2.24) is 9.55 Å². The van der Waals surface area contributed by atoms with Crippen LogP contribution in [0.2, 0.25) is 0 Å². The topological polar surface area (TPSA) is 34.9 Å². The molecule has 0 aliphatic heterocycles. The van der Waals surface area contributed by atoms with Gasteiger partial charge in [0.1, 0.15) is 11.0 Å². The summed E-state index contributed by atoms with van der Waals surface area (Å²) >= 11 is 1.46. The third kappa shape index (κ3) is 2.36. The molecule has 2 aromatic carbocycles. The Hall–Kier alpha value is -2.72. The molecule has 0 unspecified atom stereocenters. The van der Waals surface area contributed by atoms with Gasteiger partial charge in [0.05, 0.1) is 11.2 Å². The minimum Gasteiger partial charge on any atom is -0.267 e. The number of aryl methyl sites for hydroxylation is 2. The first-order chi connectivity index (χ1) is 11.6. The molecule has 0 atom stereocenters. The molecule has 0 fully saturated rings. The summed E-state index contributed by atoms with van der Waals surface area (Å²) < 4.78 is 2.31. The Balaban J connectivity index is 1.91. The predicted molar refractivity (Wildman–Crippen MR) is 100 cm³/mol. The van der Waals surface area contributed by atoms with Crippen LogP contribution < -0.4 is 5.56 Å².